The van der Waals surface area contributed by atoms with Crippen molar-refractivity contribution < 1.29 is 24.2 Å². The largest absolute Gasteiger partial charge is 0.392 e. The third-order valence-corrected chi connectivity index (χ3v) is 9.44. The molecule has 1 aliphatic heterocycles. The third-order valence-electron chi connectivity index (χ3n) is 9.44. The van der Waals surface area contributed by atoms with Crippen molar-refractivity contribution in [2.75, 3.05) is 20.1 Å². The van der Waals surface area contributed by atoms with Crippen LogP contribution in [0.15, 0.2) is 103 Å². The Kier molecular flexibility index (Phi) is 13.7. The highest BCUT2D eigenvalue weighted by Crippen LogP contribution is 2.39. The molecule has 0 radical (unpaired) electrons. The predicted molar refractivity (Wildman–Crippen MR) is 197 cm³/mol. The first-order valence-corrected chi connectivity index (χ1v) is 17.7. The summed E-state index contributed by atoms with van der Waals surface area (Å²) in [6.07, 6.45) is 3.04. The second kappa shape index (κ2) is 18.6. The van der Waals surface area contributed by atoms with Crippen LogP contribution in [0.5, 0.6) is 0 Å². The summed E-state index contributed by atoms with van der Waals surface area (Å²) in [4.78, 5) is 25.7. The van der Waals surface area contributed by atoms with E-state index in [-0.39, 0.29) is 36.7 Å². The highest BCUT2D eigenvalue weighted by atomic mass is 16.7. The minimum absolute atomic E-state index is 0.00919. The molecular weight excluding hydrogens is 626 g/mol. The van der Waals surface area contributed by atoms with Gasteiger partial charge in [-0.3, -0.25) is 14.5 Å². The Hall–Kier alpha value is -4.34. The van der Waals surface area contributed by atoms with E-state index in [2.05, 4.69) is 90.2 Å². The maximum absolute atomic E-state index is 12.4. The molecule has 1 aliphatic rings. The van der Waals surface area contributed by atoms with E-state index in [0.717, 1.165) is 65.6 Å². The van der Waals surface area contributed by atoms with Gasteiger partial charge in [-0.25, -0.2) is 0 Å². The zero-order chi connectivity index (χ0) is 35.3. The normalized spacial score (nSPS) is 18.1. The third kappa shape index (κ3) is 10.8. The highest BCUT2D eigenvalue weighted by Gasteiger charge is 2.33. The standard InChI is InChI=1S/C42H51N3O5/c1-30(34-12-6-4-7-13-34)45(3)28-39-26-40(36-18-16-32(29-46)17-19-36)50-42(49-39)37-22-20-35(21-23-37)38-14-10-11-33(25-38)27-44-41(48)15-8-5-9-24-43-31(2)47/h4,6-7,10-14,16-23,25,30,39-40,42,46H,5,8-9,15,24,26-29H2,1-3H3,(H,43,47)(H,44,48). The van der Waals surface area contributed by atoms with E-state index in [1.807, 2.05) is 42.5 Å². The maximum atomic E-state index is 12.4. The molecule has 1 fully saturated rings. The average molecular weight is 678 g/mol. The number of nitrogens with one attached hydrogen (secondary N) is 2. The van der Waals surface area contributed by atoms with Gasteiger partial charge in [0.05, 0.1) is 18.8 Å². The number of rotatable bonds is 16. The zero-order valence-electron chi connectivity index (χ0n) is 29.5. The molecule has 0 bridgehead atoms. The number of carbonyl (C=O) groups is 2. The fourth-order valence-electron chi connectivity index (χ4n) is 6.33. The summed E-state index contributed by atoms with van der Waals surface area (Å²) in [6, 6.07) is 35.3. The zero-order valence-corrected chi connectivity index (χ0v) is 29.5. The number of aliphatic hydroxyl groups is 1. The van der Waals surface area contributed by atoms with Crippen molar-refractivity contribution in [3.63, 3.8) is 0 Å². The molecule has 3 N–H and O–H groups in total. The number of likely N-dealkylation sites (N-methyl/N-ethyl adjacent to an activating group) is 1. The van der Waals surface area contributed by atoms with Gasteiger partial charge in [-0.2, -0.15) is 0 Å². The van der Waals surface area contributed by atoms with Crippen LogP contribution >= 0.6 is 0 Å². The first-order valence-electron chi connectivity index (χ1n) is 17.7. The van der Waals surface area contributed by atoms with E-state index in [9.17, 15) is 14.7 Å². The summed E-state index contributed by atoms with van der Waals surface area (Å²) >= 11 is 0. The number of hydrogen-bond acceptors (Lipinski definition) is 6. The Bertz CT molecular complexity index is 1640. The second-order valence-corrected chi connectivity index (χ2v) is 13.3. The molecule has 1 heterocycles. The van der Waals surface area contributed by atoms with Crippen molar-refractivity contribution in [3.05, 3.63) is 131 Å². The number of amides is 2. The van der Waals surface area contributed by atoms with Crippen LogP contribution in [0.25, 0.3) is 11.1 Å². The van der Waals surface area contributed by atoms with Gasteiger partial charge in [0.15, 0.2) is 6.29 Å². The Balaban J connectivity index is 1.22. The molecule has 4 atom stereocenters. The fraction of sp³-hybridized carbons (Fsp3) is 0.381. The molecule has 1 saturated heterocycles. The summed E-state index contributed by atoms with van der Waals surface area (Å²) in [5.74, 6) is 0.0133. The lowest BCUT2D eigenvalue weighted by Crippen LogP contribution is -2.38. The molecule has 264 valence electrons. The quantitative estimate of drug-likeness (QED) is 0.107. The minimum Gasteiger partial charge on any atom is -0.392 e. The van der Waals surface area contributed by atoms with Crippen molar-refractivity contribution in [3.8, 4) is 11.1 Å². The van der Waals surface area contributed by atoms with Crippen LogP contribution in [0.1, 0.15) is 92.2 Å². The van der Waals surface area contributed by atoms with E-state index in [1.165, 1.54) is 12.5 Å². The van der Waals surface area contributed by atoms with Gasteiger partial charge < -0.3 is 25.2 Å². The van der Waals surface area contributed by atoms with Crippen LogP contribution in [0.3, 0.4) is 0 Å². The monoisotopic (exact) mass is 677 g/mol. The van der Waals surface area contributed by atoms with Crippen molar-refractivity contribution in [1.29, 1.82) is 0 Å². The summed E-state index contributed by atoms with van der Waals surface area (Å²) in [5.41, 5.74) is 7.35. The summed E-state index contributed by atoms with van der Waals surface area (Å²) < 4.78 is 13.2. The molecule has 4 aromatic rings. The molecule has 0 aromatic heterocycles. The number of unbranched alkanes of at least 4 members (excludes halogenated alkanes) is 2. The maximum Gasteiger partial charge on any atom is 0.220 e. The van der Waals surface area contributed by atoms with Gasteiger partial charge in [-0.05, 0) is 66.3 Å². The van der Waals surface area contributed by atoms with Gasteiger partial charge in [0.1, 0.15) is 0 Å². The first kappa shape index (κ1) is 36.9. The van der Waals surface area contributed by atoms with E-state index >= 15 is 0 Å². The lowest BCUT2D eigenvalue weighted by molar-refractivity contribution is -0.253. The molecule has 8 nitrogen and oxygen atoms in total. The van der Waals surface area contributed by atoms with Crippen LogP contribution in [0, 0.1) is 0 Å². The van der Waals surface area contributed by atoms with Crippen LogP contribution in [-0.2, 0) is 32.2 Å². The molecule has 50 heavy (non-hydrogen) atoms. The molecule has 4 aromatic carbocycles. The van der Waals surface area contributed by atoms with Crippen molar-refractivity contribution >= 4 is 11.8 Å². The number of carbonyl (C=O) groups excluding carboxylic acids is 2. The molecular formula is C42H51N3O5. The Labute approximate surface area is 296 Å². The van der Waals surface area contributed by atoms with Crippen LogP contribution in [0.2, 0.25) is 0 Å². The van der Waals surface area contributed by atoms with Gasteiger partial charge in [-0.15, -0.1) is 0 Å². The predicted octanol–water partition coefficient (Wildman–Crippen LogP) is 7.40. The SMILES string of the molecule is CC(=O)NCCCCCC(=O)NCc1cccc(-c2ccc(C3OC(CN(C)C(C)c4ccccc4)CC(c4ccc(CO)cc4)O3)cc2)c1. The number of aliphatic hydroxyl groups excluding tert-OH is 1. The summed E-state index contributed by atoms with van der Waals surface area (Å²) in [6.45, 7) is 5.62. The first-order chi connectivity index (χ1) is 24.3. The van der Waals surface area contributed by atoms with Crippen LogP contribution in [0.4, 0.5) is 0 Å². The number of nitrogens with zero attached hydrogens (tertiary/aromatic N) is 1. The van der Waals surface area contributed by atoms with Crippen LogP contribution in [-0.4, -0.2) is 48.1 Å². The minimum atomic E-state index is -0.530. The van der Waals surface area contributed by atoms with E-state index in [0.29, 0.717) is 19.5 Å². The highest BCUT2D eigenvalue weighted by molar-refractivity contribution is 5.76. The average Bonchev–Trinajstić information content (AvgIpc) is 3.15. The Morgan fingerprint density at radius 2 is 1.56 bits per heavy atom. The van der Waals surface area contributed by atoms with E-state index in [1.54, 1.807) is 0 Å². The number of ether oxygens (including phenoxy) is 2. The summed E-state index contributed by atoms with van der Waals surface area (Å²) in [7, 11) is 2.14. The van der Waals surface area contributed by atoms with Gasteiger partial charge in [0.25, 0.3) is 0 Å². The molecule has 5 rings (SSSR count). The van der Waals surface area contributed by atoms with Crippen molar-refractivity contribution in [2.24, 2.45) is 0 Å². The van der Waals surface area contributed by atoms with E-state index < -0.39 is 6.29 Å². The fourth-order valence-corrected chi connectivity index (χ4v) is 6.33. The molecule has 4 unspecified atom stereocenters. The number of benzene rings is 4. The van der Waals surface area contributed by atoms with Gasteiger partial charge in [0, 0.05) is 51.0 Å². The van der Waals surface area contributed by atoms with Gasteiger partial charge in [-0.1, -0.05) is 103 Å². The lowest BCUT2D eigenvalue weighted by atomic mass is 9.98. The van der Waals surface area contributed by atoms with Crippen molar-refractivity contribution in [2.45, 2.75) is 83.6 Å². The second-order valence-electron chi connectivity index (χ2n) is 13.3. The smallest absolute Gasteiger partial charge is 0.220 e. The molecule has 0 spiro atoms. The Morgan fingerprint density at radius 1 is 0.820 bits per heavy atom. The van der Waals surface area contributed by atoms with Crippen LogP contribution < -0.4 is 10.6 Å². The molecule has 8 heteroatoms. The topological polar surface area (TPSA) is 100 Å². The summed E-state index contributed by atoms with van der Waals surface area (Å²) in [5, 5.41) is 15.4. The Morgan fingerprint density at radius 3 is 2.28 bits per heavy atom. The number of hydrogen-bond donors (Lipinski definition) is 3. The van der Waals surface area contributed by atoms with E-state index in [4.69, 9.17) is 9.47 Å². The molecule has 0 saturated carbocycles. The van der Waals surface area contributed by atoms with Gasteiger partial charge in [0.2, 0.25) is 11.8 Å². The molecule has 2 amide bonds. The lowest BCUT2D eigenvalue weighted by Gasteiger charge is -2.39. The van der Waals surface area contributed by atoms with Crippen molar-refractivity contribution in [1.82, 2.24) is 15.5 Å². The molecule has 0 aliphatic carbocycles. The van der Waals surface area contributed by atoms with Gasteiger partial charge >= 0.3 is 0 Å².